The molecule has 4 unspecified atom stereocenters. The summed E-state index contributed by atoms with van der Waals surface area (Å²) in [5.74, 6) is 2.32. The maximum atomic E-state index is 5.72. The fraction of sp³-hybridized carbons (Fsp3) is 1.00. The van der Waals surface area contributed by atoms with Gasteiger partial charge in [0, 0.05) is 19.1 Å². The topological polar surface area (TPSA) is 29.3 Å². The first kappa shape index (κ1) is 12.0. The van der Waals surface area contributed by atoms with E-state index < -0.39 is 0 Å². The van der Waals surface area contributed by atoms with E-state index in [4.69, 9.17) is 5.73 Å². The van der Waals surface area contributed by atoms with Crippen molar-refractivity contribution in [3.05, 3.63) is 0 Å². The van der Waals surface area contributed by atoms with Crippen molar-refractivity contribution in [2.24, 2.45) is 23.5 Å². The minimum atomic E-state index is 0.618. The van der Waals surface area contributed by atoms with Crippen molar-refractivity contribution < 1.29 is 0 Å². The van der Waals surface area contributed by atoms with Crippen LogP contribution in [0.5, 0.6) is 0 Å². The Hall–Kier alpha value is -0.0800. The minimum Gasteiger partial charge on any atom is -0.330 e. The molecule has 1 fully saturated rings. The average Bonchev–Trinajstić information content (AvgIpc) is 2.14. The molecule has 1 heterocycles. The lowest BCUT2D eigenvalue weighted by Crippen LogP contribution is -2.47. The Balaban J connectivity index is 2.50. The summed E-state index contributed by atoms with van der Waals surface area (Å²) in [6, 6.07) is 0.644. The third-order valence-corrected chi connectivity index (χ3v) is 3.67. The van der Waals surface area contributed by atoms with Crippen LogP contribution in [0.4, 0.5) is 0 Å². The van der Waals surface area contributed by atoms with Gasteiger partial charge in [-0.1, -0.05) is 20.8 Å². The van der Waals surface area contributed by atoms with Crippen molar-refractivity contribution in [2.45, 2.75) is 40.2 Å². The average molecular weight is 198 g/mol. The van der Waals surface area contributed by atoms with E-state index in [1.165, 1.54) is 19.5 Å². The van der Waals surface area contributed by atoms with Gasteiger partial charge in [0.15, 0.2) is 0 Å². The second-order valence-corrected chi connectivity index (χ2v) is 5.35. The quantitative estimate of drug-likeness (QED) is 0.751. The van der Waals surface area contributed by atoms with Crippen LogP contribution in [0.1, 0.15) is 34.1 Å². The summed E-state index contributed by atoms with van der Waals surface area (Å²) < 4.78 is 0. The highest BCUT2D eigenvalue weighted by molar-refractivity contribution is 4.81. The zero-order chi connectivity index (χ0) is 10.7. The van der Waals surface area contributed by atoms with Crippen LogP contribution in [0.15, 0.2) is 0 Å². The fourth-order valence-electron chi connectivity index (χ4n) is 2.60. The van der Waals surface area contributed by atoms with Crippen LogP contribution in [0.3, 0.4) is 0 Å². The van der Waals surface area contributed by atoms with Crippen LogP contribution in [-0.2, 0) is 0 Å². The van der Waals surface area contributed by atoms with Crippen molar-refractivity contribution in [1.29, 1.82) is 0 Å². The highest BCUT2D eigenvalue weighted by Crippen LogP contribution is 2.24. The summed E-state index contributed by atoms with van der Waals surface area (Å²) in [6.45, 7) is 12.6. The molecule has 1 rings (SSSR count). The Morgan fingerprint density at radius 3 is 2.14 bits per heavy atom. The van der Waals surface area contributed by atoms with E-state index >= 15 is 0 Å². The Bertz CT molecular complexity index is 160. The van der Waals surface area contributed by atoms with Gasteiger partial charge in [0.25, 0.3) is 0 Å². The highest BCUT2D eigenvalue weighted by atomic mass is 15.2. The SMILES string of the molecule is CC1CC(C)CN(C(C)C(C)CN)C1. The molecule has 0 bridgehead atoms. The van der Waals surface area contributed by atoms with Crippen LogP contribution < -0.4 is 5.73 Å². The maximum Gasteiger partial charge on any atom is 0.0105 e. The van der Waals surface area contributed by atoms with Crippen LogP contribution in [0, 0.1) is 17.8 Å². The van der Waals surface area contributed by atoms with Gasteiger partial charge >= 0.3 is 0 Å². The molecule has 1 aliphatic rings. The summed E-state index contributed by atoms with van der Waals surface area (Å²) in [4.78, 5) is 2.62. The van der Waals surface area contributed by atoms with E-state index in [2.05, 4.69) is 32.6 Å². The third-order valence-electron chi connectivity index (χ3n) is 3.67. The Labute approximate surface area is 88.8 Å². The van der Waals surface area contributed by atoms with E-state index in [1.54, 1.807) is 0 Å². The predicted molar refractivity (Wildman–Crippen MR) is 62.2 cm³/mol. The molecule has 1 aliphatic heterocycles. The van der Waals surface area contributed by atoms with Crippen molar-refractivity contribution in [3.8, 4) is 0 Å². The largest absolute Gasteiger partial charge is 0.330 e. The van der Waals surface area contributed by atoms with Crippen LogP contribution in [0.25, 0.3) is 0 Å². The molecule has 14 heavy (non-hydrogen) atoms. The summed E-state index contributed by atoms with van der Waals surface area (Å²) in [5.41, 5.74) is 5.72. The minimum absolute atomic E-state index is 0.618. The van der Waals surface area contributed by atoms with Crippen LogP contribution in [0.2, 0.25) is 0 Å². The van der Waals surface area contributed by atoms with Gasteiger partial charge in [0.05, 0.1) is 0 Å². The fourth-order valence-corrected chi connectivity index (χ4v) is 2.60. The Morgan fingerprint density at radius 2 is 1.71 bits per heavy atom. The van der Waals surface area contributed by atoms with Crippen molar-refractivity contribution in [3.63, 3.8) is 0 Å². The summed E-state index contributed by atoms with van der Waals surface area (Å²) in [7, 11) is 0. The predicted octanol–water partition coefficient (Wildman–Crippen LogP) is 1.95. The number of hydrogen-bond acceptors (Lipinski definition) is 2. The van der Waals surface area contributed by atoms with Crippen molar-refractivity contribution in [2.75, 3.05) is 19.6 Å². The molecule has 84 valence electrons. The molecular weight excluding hydrogens is 172 g/mol. The van der Waals surface area contributed by atoms with Crippen LogP contribution in [-0.4, -0.2) is 30.6 Å². The van der Waals surface area contributed by atoms with Gasteiger partial charge in [-0.3, -0.25) is 4.90 Å². The van der Waals surface area contributed by atoms with E-state index in [1.807, 2.05) is 0 Å². The van der Waals surface area contributed by atoms with Gasteiger partial charge in [0.2, 0.25) is 0 Å². The normalized spacial score (nSPS) is 34.1. The molecule has 1 saturated heterocycles. The van der Waals surface area contributed by atoms with Crippen molar-refractivity contribution in [1.82, 2.24) is 4.90 Å². The van der Waals surface area contributed by atoms with E-state index in [-0.39, 0.29) is 0 Å². The molecule has 2 heteroatoms. The lowest BCUT2D eigenvalue weighted by Gasteiger charge is -2.40. The monoisotopic (exact) mass is 198 g/mol. The van der Waals surface area contributed by atoms with Gasteiger partial charge < -0.3 is 5.73 Å². The zero-order valence-electron chi connectivity index (χ0n) is 10.2. The first-order valence-electron chi connectivity index (χ1n) is 5.98. The first-order chi connectivity index (χ1) is 6.54. The smallest absolute Gasteiger partial charge is 0.0105 e. The number of nitrogens with zero attached hydrogens (tertiary/aromatic N) is 1. The van der Waals surface area contributed by atoms with Gasteiger partial charge in [0.1, 0.15) is 0 Å². The summed E-state index contributed by atoms with van der Waals surface area (Å²) >= 11 is 0. The summed E-state index contributed by atoms with van der Waals surface area (Å²) in [5, 5.41) is 0. The number of likely N-dealkylation sites (tertiary alicyclic amines) is 1. The first-order valence-corrected chi connectivity index (χ1v) is 5.98. The maximum absolute atomic E-state index is 5.72. The second-order valence-electron chi connectivity index (χ2n) is 5.35. The molecule has 0 aliphatic carbocycles. The molecule has 2 nitrogen and oxygen atoms in total. The van der Waals surface area contributed by atoms with Gasteiger partial charge in [-0.05, 0) is 37.6 Å². The molecule has 2 N–H and O–H groups in total. The van der Waals surface area contributed by atoms with Crippen molar-refractivity contribution >= 4 is 0 Å². The number of nitrogens with two attached hydrogens (primary N) is 1. The van der Waals surface area contributed by atoms with E-state index in [0.717, 1.165) is 18.4 Å². The molecule has 4 atom stereocenters. The molecule has 0 saturated carbocycles. The molecular formula is C12H26N2. The molecule has 0 amide bonds. The van der Waals surface area contributed by atoms with E-state index in [0.29, 0.717) is 12.0 Å². The molecule has 0 radical (unpaired) electrons. The number of hydrogen-bond donors (Lipinski definition) is 1. The van der Waals surface area contributed by atoms with Gasteiger partial charge in [-0.25, -0.2) is 0 Å². The summed E-state index contributed by atoms with van der Waals surface area (Å²) in [6.07, 6.45) is 1.39. The number of rotatable bonds is 3. The Morgan fingerprint density at radius 1 is 1.21 bits per heavy atom. The zero-order valence-corrected chi connectivity index (χ0v) is 10.2. The van der Waals surface area contributed by atoms with Gasteiger partial charge in [-0.2, -0.15) is 0 Å². The lowest BCUT2D eigenvalue weighted by atomic mass is 9.89. The lowest BCUT2D eigenvalue weighted by molar-refractivity contribution is 0.0796. The standard InChI is InChI=1S/C12H26N2/c1-9-5-10(2)8-14(7-9)12(4)11(3)6-13/h9-12H,5-8,13H2,1-4H3. The molecule has 0 aromatic rings. The molecule has 0 aromatic heterocycles. The molecule has 0 spiro atoms. The number of piperidine rings is 1. The molecule has 0 aromatic carbocycles. The Kier molecular flexibility index (Phi) is 4.39. The van der Waals surface area contributed by atoms with E-state index in [9.17, 15) is 0 Å². The second kappa shape index (κ2) is 5.13. The third kappa shape index (κ3) is 2.96. The van der Waals surface area contributed by atoms with Gasteiger partial charge in [-0.15, -0.1) is 0 Å². The highest BCUT2D eigenvalue weighted by Gasteiger charge is 2.27. The van der Waals surface area contributed by atoms with Crippen LogP contribution >= 0.6 is 0 Å².